The molecule has 0 spiro atoms. The lowest BCUT2D eigenvalue weighted by Crippen LogP contribution is -2.46. The van der Waals surface area contributed by atoms with Gasteiger partial charge in [-0.05, 0) is 31.0 Å². The van der Waals surface area contributed by atoms with Gasteiger partial charge in [-0.2, -0.15) is 5.26 Å². The van der Waals surface area contributed by atoms with Crippen LogP contribution in [0.5, 0.6) is 0 Å². The molecule has 1 saturated heterocycles. The van der Waals surface area contributed by atoms with Gasteiger partial charge in [0, 0.05) is 41.7 Å². The summed E-state index contributed by atoms with van der Waals surface area (Å²) >= 11 is 6.25. The third-order valence-corrected chi connectivity index (χ3v) is 7.15. The molecule has 14 heteroatoms. The van der Waals surface area contributed by atoms with Gasteiger partial charge in [-0.15, -0.1) is 0 Å². The Morgan fingerprint density at radius 2 is 1.98 bits per heavy atom. The predicted octanol–water partition coefficient (Wildman–Crippen LogP) is 5.18. The van der Waals surface area contributed by atoms with Crippen molar-refractivity contribution in [3.63, 3.8) is 0 Å². The lowest BCUT2D eigenvalue weighted by atomic mass is 9.91. The second-order valence-electron chi connectivity index (χ2n) is 9.72. The topological polar surface area (TPSA) is 129 Å². The van der Waals surface area contributed by atoms with E-state index >= 15 is 0 Å². The summed E-state index contributed by atoms with van der Waals surface area (Å²) in [4.78, 5) is 46.3. The first-order valence-corrected chi connectivity index (χ1v) is 13.6. The third kappa shape index (κ3) is 7.98. The molecule has 2 aliphatic rings. The number of nitrogens with zero attached hydrogens (tertiary/aromatic N) is 5. The number of nitriles is 1. The van der Waals surface area contributed by atoms with Gasteiger partial charge in [0.15, 0.2) is 0 Å². The quantitative estimate of drug-likeness (QED) is 0.363. The minimum Gasteiger partial charge on any atom is -0.447 e. The lowest BCUT2D eigenvalue weighted by molar-refractivity contribution is -0.125. The van der Waals surface area contributed by atoms with Crippen LogP contribution in [0.25, 0.3) is 0 Å². The molecule has 1 aromatic carbocycles. The molecule has 2 aromatic heterocycles. The highest BCUT2D eigenvalue weighted by atomic mass is 35.5. The summed E-state index contributed by atoms with van der Waals surface area (Å²) in [6.45, 7) is 0.859. The zero-order chi connectivity index (χ0) is 31.0. The summed E-state index contributed by atoms with van der Waals surface area (Å²) in [7, 11) is 0. The van der Waals surface area contributed by atoms with Crippen molar-refractivity contribution in [3.05, 3.63) is 83.0 Å². The highest BCUT2D eigenvalue weighted by molar-refractivity contribution is 6.31. The minimum atomic E-state index is -2.73. The van der Waals surface area contributed by atoms with E-state index in [1.165, 1.54) is 17.3 Å². The average Bonchev–Trinajstić information content (AvgIpc) is 3.43. The largest absolute Gasteiger partial charge is 0.447 e. The zero-order valence-electron chi connectivity index (χ0n) is 22.6. The van der Waals surface area contributed by atoms with Crippen molar-refractivity contribution in [3.8, 4) is 6.07 Å². The normalized spacial score (nSPS) is 16.6. The van der Waals surface area contributed by atoms with Gasteiger partial charge >= 0.3 is 6.09 Å². The molecule has 0 bridgehead atoms. The van der Waals surface area contributed by atoms with Gasteiger partial charge in [-0.25, -0.2) is 22.9 Å². The van der Waals surface area contributed by atoms with Crippen LogP contribution in [0.4, 0.5) is 29.5 Å². The van der Waals surface area contributed by atoms with Gasteiger partial charge < -0.3 is 10.1 Å². The van der Waals surface area contributed by atoms with Crippen LogP contribution in [0.1, 0.15) is 42.9 Å². The van der Waals surface area contributed by atoms with Crippen molar-refractivity contribution in [2.75, 3.05) is 23.0 Å². The van der Waals surface area contributed by atoms with Crippen LogP contribution in [0, 0.1) is 17.1 Å². The number of hydrogen-bond donors (Lipinski definition) is 1. The van der Waals surface area contributed by atoms with Crippen LogP contribution in [0.15, 0.2) is 61.1 Å². The fourth-order valence-corrected chi connectivity index (χ4v) is 4.87. The fraction of sp³-hybridized carbons (Fsp3) is 0.310. The second-order valence-corrected chi connectivity index (χ2v) is 10.1. The molecule has 224 valence electrons. The first-order chi connectivity index (χ1) is 20.6. The molecule has 1 aliphatic carbocycles. The molecule has 10 nitrogen and oxygen atoms in total. The Morgan fingerprint density at radius 3 is 2.60 bits per heavy atom. The van der Waals surface area contributed by atoms with E-state index in [4.69, 9.17) is 21.6 Å². The molecule has 2 fully saturated rings. The zero-order valence-corrected chi connectivity index (χ0v) is 23.4. The van der Waals surface area contributed by atoms with Gasteiger partial charge in [0.05, 0.1) is 36.3 Å². The molecule has 3 heterocycles. The van der Waals surface area contributed by atoms with E-state index in [2.05, 4.69) is 15.3 Å². The molecule has 0 radical (unpaired) electrons. The van der Waals surface area contributed by atoms with Crippen LogP contribution in [0.2, 0.25) is 5.02 Å². The molecular formula is C29H26ClF3N6O4. The molecule has 5 rings (SSSR count). The lowest BCUT2D eigenvalue weighted by Gasteiger charge is -2.33. The first-order valence-electron chi connectivity index (χ1n) is 13.2. The summed E-state index contributed by atoms with van der Waals surface area (Å²) in [6, 6.07) is 11.0. The maximum Gasteiger partial charge on any atom is 0.415 e. The number of amides is 3. The van der Waals surface area contributed by atoms with Crippen molar-refractivity contribution >= 4 is 41.5 Å². The number of benzene rings is 1. The van der Waals surface area contributed by atoms with Crippen molar-refractivity contribution in [2.45, 2.75) is 43.7 Å². The monoisotopic (exact) mass is 614 g/mol. The molecule has 3 aromatic rings. The van der Waals surface area contributed by atoms with Gasteiger partial charge in [0.1, 0.15) is 24.3 Å². The number of pyridine rings is 2. The van der Waals surface area contributed by atoms with E-state index in [1.807, 2.05) is 6.07 Å². The maximum atomic E-state index is 13.7. The van der Waals surface area contributed by atoms with Crippen molar-refractivity contribution < 1.29 is 32.3 Å². The summed E-state index contributed by atoms with van der Waals surface area (Å²) in [5, 5.41) is 11.6. The van der Waals surface area contributed by atoms with Crippen molar-refractivity contribution in [2.24, 2.45) is 0 Å². The van der Waals surface area contributed by atoms with Gasteiger partial charge in [0.2, 0.25) is 18.2 Å². The number of aromatic nitrogens is 2. The smallest absolute Gasteiger partial charge is 0.415 e. The highest BCUT2D eigenvalue weighted by Gasteiger charge is 2.37. The molecule has 43 heavy (non-hydrogen) atoms. The molecule has 1 atom stereocenters. The Morgan fingerprint density at radius 1 is 1.23 bits per heavy atom. The SMILES string of the molecule is N#Cc1ccnc(N2CCOC2=O)c1.O=CN(c1cncc(F)c1)C(C(=O)NC1CCC(F)(F)CC1)c1ccccc1Cl. The van der Waals surface area contributed by atoms with E-state index in [-0.39, 0.29) is 36.4 Å². The van der Waals surface area contributed by atoms with Gasteiger partial charge in [-0.3, -0.25) is 24.4 Å². The molecule has 3 amide bonds. The van der Waals surface area contributed by atoms with Crippen molar-refractivity contribution in [1.29, 1.82) is 5.26 Å². The molecule has 1 N–H and O–H groups in total. The second kappa shape index (κ2) is 14.0. The number of ether oxygens (including phenoxy) is 1. The molecule has 1 unspecified atom stereocenters. The number of carbonyl (C=O) groups is 3. The average molecular weight is 615 g/mol. The van der Waals surface area contributed by atoms with E-state index in [9.17, 15) is 27.6 Å². The Labute approximate surface area is 250 Å². The van der Waals surface area contributed by atoms with Crippen LogP contribution < -0.4 is 15.1 Å². The summed E-state index contributed by atoms with van der Waals surface area (Å²) in [5.41, 5.74) is 0.870. The van der Waals surface area contributed by atoms with Crippen LogP contribution in [0.3, 0.4) is 0 Å². The predicted molar refractivity (Wildman–Crippen MR) is 150 cm³/mol. The van der Waals surface area contributed by atoms with E-state index in [0.29, 0.717) is 36.5 Å². The molecular weight excluding hydrogens is 589 g/mol. The van der Waals surface area contributed by atoms with E-state index in [0.717, 1.165) is 17.2 Å². The number of anilines is 2. The van der Waals surface area contributed by atoms with Gasteiger partial charge in [-0.1, -0.05) is 29.8 Å². The van der Waals surface area contributed by atoms with E-state index in [1.54, 1.807) is 36.4 Å². The van der Waals surface area contributed by atoms with Crippen LogP contribution >= 0.6 is 11.6 Å². The Hall–Kier alpha value is -4.70. The van der Waals surface area contributed by atoms with Crippen molar-refractivity contribution in [1.82, 2.24) is 15.3 Å². The Kier molecular flexibility index (Phi) is 10.2. The van der Waals surface area contributed by atoms with Crippen LogP contribution in [-0.4, -0.2) is 53.5 Å². The Bertz CT molecular complexity index is 1510. The highest BCUT2D eigenvalue weighted by Crippen LogP contribution is 2.35. The summed E-state index contributed by atoms with van der Waals surface area (Å²) in [6.07, 6.45) is 3.30. The number of halogens is 4. The summed E-state index contributed by atoms with van der Waals surface area (Å²) < 4.78 is 45.2. The number of nitrogens with one attached hydrogen (secondary N) is 1. The van der Waals surface area contributed by atoms with Crippen LogP contribution in [-0.2, 0) is 14.3 Å². The van der Waals surface area contributed by atoms with E-state index < -0.39 is 35.8 Å². The molecule has 1 aliphatic heterocycles. The number of carbonyl (C=O) groups excluding carboxylic acids is 3. The standard InChI is InChI=1S/C20H19ClF3N3O2.C9H7N3O2/c21-17-4-2-1-3-16(17)18(27(12-28)15-9-13(22)10-25-11-15)19(29)26-14-5-7-20(23,24)8-6-14;10-6-7-1-2-11-8(5-7)12-3-4-14-9(12)13/h1-4,9-12,14,18H,5-8H2,(H,26,29);1-2,5H,3-4H2. The molecule has 1 saturated carbocycles. The number of hydrogen-bond acceptors (Lipinski definition) is 7. The minimum absolute atomic E-state index is 0.0650. The van der Waals surface area contributed by atoms with Gasteiger partial charge in [0.25, 0.3) is 0 Å². The Balaban J connectivity index is 0.000000251. The first kappa shape index (κ1) is 31.2. The maximum absolute atomic E-state index is 13.7. The summed E-state index contributed by atoms with van der Waals surface area (Å²) in [5.74, 6) is -3.54. The fourth-order valence-electron chi connectivity index (χ4n) is 4.63. The number of rotatable bonds is 7. The number of cyclic esters (lactones) is 1. The number of alkyl halides is 2. The third-order valence-electron chi connectivity index (χ3n) is 6.80.